The number of carbonyl (C=O) groups excluding carboxylic acids is 12. The van der Waals surface area contributed by atoms with Crippen molar-refractivity contribution in [1.29, 1.82) is 5.41 Å². The molecule has 0 bridgehead atoms. The molecule has 4 aromatic carbocycles. The number of thiocarbonyl (C=S) groups is 1. The fourth-order valence-corrected chi connectivity index (χ4v) is 11.7. The molecule has 24 N–H and O–H groups in total. The van der Waals surface area contributed by atoms with Gasteiger partial charge in [-0.3, -0.25) is 67.7 Å². The molecular formula is C76H98N20O20S. The van der Waals surface area contributed by atoms with Crippen LogP contribution in [0.5, 0.6) is 5.75 Å². The fraction of sp³-hybridized carbons (Fsp3) is 0.395. The molecule has 0 spiro atoms. The Labute approximate surface area is 675 Å². The number of nitrogens with one attached hydrogen (secondary N) is 15. The van der Waals surface area contributed by atoms with Gasteiger partial charge in [-0.2, -0.15) is 10.2 Å². The number of azo groups is 1. The lowest BCUT2D eigenvalue weighted by molar-refractivity contribution is -0.137. The molecule has 1 aliphatic heterocycles. The molecule has 117 heavy (non-hydrogen) atoms. The molecule has 0 saturated heterocycles. The number of carbonyl (C=O) groups is 13. The number of primary amides is 1. The van der Waals surface area contributed by atoms with Crippen molar-refractivity contribution in [2.45, 2.75) is 134 Å². The maximum absolute atomic E-state index is 14.4. The summed E-state index contributed by atoms with van der Waals surface area (Å²) in [5, 5.41) is 104. The van der Waals surface area contributed by atoms with Crippen LogP contribution in [-0.2, 0) is 64.0 Å². The van der Waals surface area contributed by atoms with Gasteiger partial charge in [0.05, 0.1) is 61.7 Å². The summed E-state index contributed by atoms with van der Waals surface area (Å²) in [5.74, 6) is -13.0. The van der Waals surface area contributed by atoms with Crippen LogP contribution >= 0.6 is 12.2 Å². The Kier molecular flexibility index (Phi) is 36.1. The van der Waals surface area contributed by atoms with Crippen LogP contribution in [-0.4, -0.2) is 228 Å². The number of carboxylic acids is 1. The molecule has 9 atom stereocenters. The Hall–Kier alpha value is -13.3. The van der Waals surface area contributed by atoms with E-state index < -0.39 is 158 Å². The normalized spacial score (nSPS) is 13.3. The van der Waals surface area contributed by atoms with Gasteiger partial charge in [0.1, 0.15) is 59.4 Å². The number of nitrogens with zero attached hydrogens (tertiary/aromatic N) is 3. The van der Waals surface area contributed by atoms with E-state index >= 15 is 0 Å². The van der Waals surface area contributed by atoms with E-state index in [-0.39, 0.29) is 109 Å². The van der Waals surface area contributed by atoms with Gasteiger partial charge in [0.25, 0.3) is 0 Å². The zero-order valence-electron chi connectivity index (χ0n) is 64.9. The molecule has 6 rings (SSSR count). The monoisotopic (exact) mass is 1640 g/mol. The molecule has 2 aliphatic rings. The second-order valence-electron chi connectivity index (χ2n) is 27.2. The smallest absolute Gasteiger partial charge is 0.336 e. The minimum Gasteiger partial charge on any atom is -0.508 e. The number of aliphatic hydroxyl groups excluding tert-OH is 3. The van der Waals surface area contributed by atoms with E-state index in [1.807, 2.05) is 43.3 Å². The van der Waals surface area contributed by atoms with E-state index in [2.05, 4.69) is 84.7 Å². The summed E-state index contributed by atoms with van der Waals surface area (Å²) >= 11 is 5.43. The number of rotatable bonds is 44. The van der Waals surface area contributed by atoms with Crippen molar-refractivity contribution in [3.05, 3.63) is 124 Å². The molecule has 41 heteroatoms. The van der Waals surface area contributed by atoms with Gasteiger partial charge in [0.2, 0.25) is 70.9 Å². The lowest BCUT2D eigenvalue weighted by atomic mass is 9.90. The summed E-state index contributed by atoms with van der Waals surface area (Å²) < 4.78 is 5.90. The number of amides is 12. The van der Waals surface area contributed by atoms with E-state index in [4.69, 9.17) is 33.5 Å². The van der Waals surface area contributed by atoms with Gasteiger partial charge in [-0.05, 0) is 155 Å². The summed E-state index contributed by atoms with van der Waals surface area (Å²) in [6.07, 6.45) is -3.92. The molecule has 628 valence electrons. The Morgan fingerprint density at radius 2 is 1.10 bits per heavy atom. The maximum atomic E-state index is 14.4. The average molecular weight is 1640 g/mol. The first kappa shape index (κ1) is 92.6. The highest BCUT2D eigenvalue weighted by Gasteiger charge is 2.36. The number of hydrogen-bond donors (Lipinski definition) is 22. The minimum absolute atomic E-state index is 0.0200. The summed E-state index contributed by atoms with van der Waals surface area (Å²) in [5.41, 5.74) is 14.7. The first-order valence-corrected chi connectivity index (χ1v) is 37.3. The van der Waals surface area contributed by atoms with Gasteiger partial charge < -0.3 is 121 Å². The van der Waals surface area contributed by atoms with Crippen LogP contribution in [0.1, 0.15) is 88.6 Å². The van der Waals surface area contributed by atoms with E-state index in [0.717, 1.165) is 26.5 Å². The Morgan fingerprint density at radius 1 is 0.556 bits per heavy atom. The van der Waals surface area contributed by atoms with Crippen LogP contribution in [0.2, 0.25) is 0 Å². The van der Waals surface area contributed by atoms with Crippen molar-refractivity contribution < 1.29 is 92.3 Å². The highest BCUT2D eigenvalue weighted by Crippen LogP contribution is 2.42. The zero-order chi connectivity index (χ0) is 86.2. The van der Waals surface area contributed by atoms with Crippen LogP contribution in [0, 0.1) is 5.41 Å². The van der Waals surface area contributed by atoms with Crippen LogP contribution in [0.25, 0.3) is 33.4 Å². The molecular weight excluding hydrogens is 1550 g/mol. The van der Waals surface area contributed by atoms with Crippen LogP contribution in [0.4, 0.5) is 22.7 Å². The predicted octanol–water partition coefficient (Wildman–Crippen LogP) is -1.67. The van der Waals surface area contributed by atoms with Crippen molar-refractivity contribution in [3.8, 4) is 28.2 Å². The van der Waals surface area contributed by atoms with Gasteiger partial charge >= 0.3 is 5.97 Å². The third-order valence-electron chi connectivity index (χ3n) is 17.5. The largest absolute Gasteiger partial charge is 0.508 e. The molecule has 40 nitrogen and oxygen atoms in total. The van der Waals surface area contributed by atoms with Gasteiger partial charge in [0, 0.05) is 87.2 Å². The fourth-order valence-electron chi connectivity index (χ4n) is 11.4. The first-order valence-electron chi connectivity index (χ1n) is 36.9. The van der Waals surface area contributed by atoms with Crippen molar-refractivity contribution in [1.82, 2.24) is 69.1 Å². The van der Waals surface area contributed by atoms with E-state index in [0.29, 0.717) is 45.6 Å². The quantitative estimate of drug-likeness (QED) is 0.00508. The number of aromatic carboxylic acids is 1. The molecule has 0 saturated carbocycles. The molecule has 0 fully saturated rings. The van der Waals surface area contributed by atoms with Crippen LogP contribution < -0.4 is 96.2 Å². The number of aromatic hydroxyl groups is 1. The number of phenolic OH excluding ortho intramolecular Hbond substituents is 1. The third kappa shape index (κ3) is 30.2. The molecule has 4 aromatic rings. The van der Waals surface area contributed by atoms with Crippen molar-refractivity contribution in [2.75, 3.05) is 70.2 Å². The second-order valence-corrected chi connectivity index (χ2v) is 27.6. The van der Waals surface area contributed by atoms with Gasteiger partial charge in [0.15, 0.2) is 16.5 Å². The molecule has 1 heterocycles. The lowest BCUT2D eigenvalue weighted by Gasteiger charge is -2.27. The summed E-state index contributed by atoms with van der Waals surface area (Å²) in [6.45, 7) is 2.31. The Morgan fingerprint density at radius 3 is 1.71 bits per heavy atom. The molecule has 0 unspecified atom stereocenters. The number of phenols is 1. The number of benzene rings is 5. The highest BCUT2D eigenvalue weighted by molar-refractivity contribution is 7.80. The Balaban J connectivity index is 1.04. The molecule has 1 aliphatic carbocycles. The lowest BCUT2D eigenvalue weighted by Crippen LogP contribution is -2.61. The molecule has 12 amide bonds. The van der Waals surface area contributed by atoms with Crippen LogP contribution in [0.3, 0.4) is 0 Å². The number of fused-ring (bicyclic) bond motifs is 2. The number of unbranched alkanes of at least 4 members (excludes halogenated alkanes) is 1. The van der Waals surface area contributed by atoms with Crippen molar-refractivity contribution in [2.24, 2.45) is 21.7 Å². The number of anilines is 2. The van der Waals surface area contributed by atoms with Gasteiger partial charge in [-0.15, -0.1) is 0 Å². The van der Waals surface area contributed by atoms with Crippen LogP contribution in [0.15, 0.2) is 123 Å². The number of carboxylic acid groups (broad SMARTS) is 1. The van der Waals surface area contributed by atoms with E-state index in [1.54, 1.807) is 42.5 Å². The van der Waals surface area contributed by atoms with E-state index in [1.165, 1.54) is 43.3 Å². The minimum atomic E-state index is -1.91. The Bertz CT molecular complexity index is 4620. The summed E-state index contributed by atoms with van der Waals surface area (Å²) in [4.78, 5) is 186. The number of hydrogen-bond acceptors (Lipinski definition) is 24. The summed E-state index contributed by atoms with van der Waals surface area (Å²) in [6, 6.07) is 15.4. The predicted molar refractivity (Wildman–Crippen MR) is 431 cm³/mol. The summed E-state index contributed by atoms with van der Waals surface area (Å²) in [7, 11) is 3.83. The maximum Gasteiger partial charge on any atom is 0.336 e. The molecule has 0 aromatic heterocycles. The standard InChI is InChI=1S/C76H98N20O20S/c1-39(86-73(113)66(41(3)99)93-70(110)56(35-60(77)103)87-42(4)100)67(107)89-55(12-9-28-82-75(78)79)68(108)90-54(11-7-8-27-80-61(104)31-43-13-15-44(16-14-43)94-95-45-17-20-47(21-18-45)96(5)6)69(109)91-57(38-97)71(111)92-65(40(2)98)72(112)85-37-63(106)84-36-62(105)81-29-10-30-83-76(117)88-46-19-24-50(53(32-46)74(114)115)64-51-25-22-48(101)33-58(51)116-59-34-49(102)23-26-52(59)64/h13-26,32-34,39-41,54-57,65-66,97-99,101H,7-12,27-31,35-38H2,1-6H3,(H2,77,103)(H,80,104)(H,81,105)(H,84,106)(H,85,112)(H,86,113)(H,87,100)(H,89,107)(H,90,108)(H,91,109)(H,92,111)(H,93,110)(H,114,115)(H4,78,79,82)(H2,83,88,117)/t39-,40+,41+,54-,55-,56-,57-,65-,66-/m0/s1. The highest BCUT2D eigenvalue weighted by atomic mass is 32.1. The topological polar surface area (TPSA) is 626 Å². The van der Waals surface area contributed by atoms with Crippen molar-refractivity contribution >= 4 is 134 Å². The van der Waals surface area contributed by atoms with Crippen molar-refractivity contribution in [3.63, 3.8) is 0 Å². The third-order valence-corrected chi connectivity index (χ3v) is 17.8. The van der Waals surface area contributed by atoms with E-state index in [9.17, 15) is 92.7 Å². The SMILES string of the molecule is CC(=O)N[C@@H](CC(N)=O)C(=O)N[C@H](C(=O)N[C@@H](C)C(=O)N[C@@H](CCCNC(=N)N)C(=O)N[C@@H](CCCCNC(=O)Cc1ccc(N=Nc2ccc(N(C)C)cc2)cc1)C(=O)N[C@@H](CO)C(=O)N[C@H](C(=O)NCC(=O)NCC(=O)NCCCNC(=S)Nc1ccc(-c2c3ccc(=O)cc-3oc3cc(O)ccc23)c(C(=O)O)c1)[C@@H](C)O)[C@@H](C)O. The second kappa shape index (κ2) is 45.6. The number of nitrogens with two attached hydrogens (primary N) is 2. The van der Waals surface area contributed by atoms with Gasteiger partial charge in [-0.1, -0.05) is 18.2 Å². The zero-order valence-corrected chi connectivity index (χ0v) is 65.7. The molecule has 0 radical (unpaired) electrons. The number of guanidine groups is 1. The van der Waals surface area contributed by atoms with Gasteiger partial charge in [-0.25, -0.2) is 4.79 Å². The number of aliphatic hydroxyl groups is 3. The average Bonchev–Trinajstić information content (AvgIpc) is 0.747. The first-order chi connectivity index (χ1) is 55.5.